The Hall–Kier alpha value is -1.39. The number of aryl methyl sites for hydroxylation is 1. The molecule has 4 heteroatoms. The topological polar surface area (TPSA) is 42.1 Å². The summed E-state index contributed by atoms with van der Waals surface area (Å²) in [5.41, 5.74) is 9.52. The molecule has 20 heavy (non-hydrogen) atoms. The molecule has 2 aromatic rings. The Morgan fingerprint density at radius 1 is 1.35 bits per heavy atom. The molecule has 2 N–H and O–H groups in total. The second-order valence-electron chi connectivity index (χ2n) is 5.37. The predicted octanol–water partition coefficient (Wildman–Crippen LogP) is 3.33. The summed E-state index contributed by atoms with van der Waals surface area (Å²) in [5, 5.41) is 4.37. The van der Waals surface area contributed by atoms with Gasteiger partial charge in [-0.15, -0.1) is 0 Å². The van der Waals surface area contributed by atoms with E-state index in [0.29, 0.717) is 12.6 Å². The molecule has 0 saturated heterocycles. The Labute approximate surface area is 124 Å². The maximum atomic E-state index is 5.83. The first-order valence-electron chi connectivity index (χ1n) is 7.27. The molecular weight excluding hydrogens is 266 g/mol. The van der Waals surface area contributed by atoms with Crippen molar-refractivity contribution in [3.05, 3.63) is 45.8 Å². The van der Waals surface area contributed by atoms with E-state index >= 15 is 0 Å². The number of nitrogens with two attached hydrogens (primary N) is 1. The van der Waals surface area contributed by atoms with Gasteiger partial charge in [-0.3, -0.25) is 0 Å². The molecule has 0 spiro atoms. The molecule has 0 atom stereocenters. The number of pyridine rings is 1. The van der Waals surface area contributed by atoms with Crippen LogP contribution in [0.15, 0.2) is 29.0 Å². The Balaban J connectivity index is 1.90. The van der Waals surface area contributed by atoms with Gasteiger partial charge in [0.15, 0.2) is 0 Å². The van der Waals surface area contributed by atoms with E-state index < -0.39 is 0 Å². The molecule has 1 aliphatic carbocycles. The highest BCUT2D eigenvalue weighted by molar-refractivity contribution is 7.07. The van der Waals surface area contributed by atoms with Crippen molar-refractivity contribution in [2.24, 2.45) is 5.73 Å². The van der Waals surface area contributed by atoms with Gasteiger partial charge < -0.3 is 10.6 Å². The third-order valence-corrected chi connectivity index (χ3v) is 4.47. The Kier molecular flexibility index (Phi) is 4.03. The molecule has 0 aromatic carbocycles. The third kappa shape index (κ3) is 3.02. The molecule has 2 aromatic heterocycles. The third-order valence-electron chi connectivity index (χ3n) is 3.74. The minimum absolute atomic E-state index is 0.583. The summed E-state index contributed by atoms with van der Waals surface area (Å²) in [6.45, 7) is 3.69. The molecule has 1 fully saturated rings. The zero-order valence-electron chi connectivity index (χ0n) is 11.9. The van der Waals surface area contributed by atoms with Crippen molar-refractivity contribution in [1.29, 1.82) is 0 Å². The number of aromatic nitrogens is 1. The fourth-order valence-electron chi connectivity index (χ4n) is 2.44. The lowest BCUT2D eigenvalue weighted by Crippen LogP contribution is -2.26. The average molecular weight is 287 g/mol. The van der Waals surface area contributed by atoms with E-state index in [-0.39, 0.29) is 0 Å². The van der Waals surface area contributed by atoms with Gasteiger partial charge in [-0.1, -0.05) is 6.92 Å². The SMILES string of the molecule is CCc1cc(CN)cc(N(Cc2ccsc2)C2CC2)n1. The minimum Gasteiger partial charge on any atom is -0.349 e. The fraction of sp³-hybridized carbons (Fsp3) is 0.438. The maximum Gasteiger partial charge on any atom is 0.129 e. The van der Waals surface area contributed by atoms with E-state index in [1.807, 2.05) is 0 Å². The van der Waals surface area contributed by atoms with E-state index in [0.717, 1.165) is 24.5 Å². The van der Waals surface area contributed by atoms with Gasteiger partial charge in [0.05, 0.1) is 0 Å². The van der Waals surface area contributed by atoms with Crippen molar-refractivity contribution in [3.8, 4) is 0 Å². The largest absolute Gasteiger partial charge is 0.349 e. The van der Waals surface area contributed by atoms with Gasteiger partial charge in [-0.05, 0) is 59.3 Å². The summed E-state index contributed by atoms with van der Waals surface area (Å²) < 4.78 is 0. The first-order valence-corrected chi connectivity index (χ1v) is 8.22. The van der Waals surface area contributed by atoms with Crippen molar-refractivity contribution in [2.75, 3.05) is 4.90 Å². The van der Waals surface area contributed by atoms with Gasteiger partial charge >= 0.3 is 0 Å². The van der Waals surface area contributed by atoms with Gasteiger partial charge in [0.25, 0.3) is 0 Å². The summed E-state index contributed by atoms with van der Waals surface area (Å²) in [5.74, 6) is 1.10. The molecule has 106 valence electrons. The second kappa shape index (κ2) is 5.94. The Bertz CT molecular complexity index is 539. The van der Waals surface area contributed by atoms with Gasteiger partial charge in [0.2, 0.25) is 0 Å². The highest BCUT2D eigenvalue weighted by Crippen LogP contribution is 2.33. The number of thiophene rings is 1. The minimum atomic E-state index is 0.583. The van der Waals surface area contributed by atoms with Crippen LogP contribution < -0.4 is 10.6 Å². The zero-order chi connectivity index (χ0) is 13.9. The first kappa shape index (κ1) is 13.6. The monoisotopic (exact) mass is 287 g/mol. The predicted molar refractivity (Wildman–Crippen MR) is 85.0 cm³/mol. The molecule has 3 nitrogen and oxygen atoms in total. The van der Waals surface area contributed by atoms with E-state index in [9.17, 15) is 0 Å². The van der Waals surface area contributed by atoms with Crippen LogP contribution >= 0.6 is 11.3 Å². The summed E-state index contributed by atoms with van der Waals surface area (Å²) >= 11 is 1.76. The molecule has 3 rings (SSSR count). The molecule has 0 bridgehead atoms. The zero-order valence-corrected chi connectivity index (χ0v) is 12.7. The molecule has 2 heterocycles. The quantitative estimate of drug-likeness (QED) is 0.886. The van der Waals surface area contributed by atoms with E-state index in [1.165, 1.54) is 24.0 Å². The standard InChI is InChI=1S/C16H21N3S/c1-2-14-7-13(9-17)8-16(18-14)19(15-3-4-15)10-12-5-6-20-11-12/h5-8,11,15H,2-4,9-10,17H2,1H3. The number of hydrogen-bond donors (Lipinski definition) is 1. The van der Waals surface area contributed by atoms with Crippen molar-refractivity contribution >= 4 is 17.2 Å². The van der Waals surface area contributed by atoms with E-state index in [4.69, 9.17) is 10.7 Å². The van der Waals surface area contributed by atoms with Crippen molar-refractivity contribution in [3.63, 3.8) is 0 Å². The summed E-state index contributed by atoms with van der Waals surface area (Å²) in [6, 6.07) is 7.14. The molecular formula is C16H21N3S. The lowest BCUT2D eigenvalue weighted by molar-refractivity contribution is 0.772. The molecule has 0 amide bonds. The Morgan fingerprint density at radius 2 is 2.20 bits per heavy atom. The summed E-state index contributed by atoms with van der Waals surface area (Å²) in [7, 11) is 0. The van der Waals surface area contributed by atoms with Gasteiger partial charge in [-0.2, -0.15) is 11.3 Å². The molecule has 1 aliphatic rings. The lowest BCUT2D eigenvalue weighted by Gasteiger charge is -2.24. The molecule has 1 saturated carbocycles. The lowest BCUT2D eigenvalue weighted by atomic mass is 10.2. The van der Waals surface area contributed by atoms with Crippen LogP contribution in [0, 0.1) is 0 Å². The van der Waals surface area contributed by atoms with Gasteiger partial charge in [0.1, 0.15) is 5.82 Å². The molecule has 0 radical (unpaired) electrons. The summed E-state index contributed by atoms with van der Waals surface area (Å²) in [4.78, 5) is 7.26. The second-order valence-corrected chi connectivity index (χ2v) is 6.15. The van der Waals surface area contributed by atoms with Gasteiger partial charge in [-0.25, -0.2) is 4.98 Å². The van der Waals surface area contributed by atoms with E-state index in [1.54, 1.807) is 11.3 Å². The van der Waals surface area contributed by atoms with Crippen LogP contribution in [0.5, 0.6) is 0 Å². The molecule has 0 aliphatic heterocycles. The van der Waals surface area contributed by atoms with Crippen LogP contribution in [0.25, 0.3) is 0 Å². The number of hydrogen-bond acceptors (Lipinski definition) is 4. The van der Waals surface area contributed by atoms with Crippen LogP contribution in [0.1, 0.15) is 36.6 Å². The number of nitrogens with zero attached hydrogens (tertiary/aromatic N) is 2. The number of anilines is 1. The van der Waals surface area contributed by atoms with Crippen LogP contribution in [0.3, 0.4) is 0 Å². The average Bonchev–Trinajstić information content (AvgIpc) is 3.20. The van der Waals surface area contributed by atoms with Crippen molar-refractivity contribution in [1.82, 2.24) is 4.98 Å². The van der Waals surface area contributed by atoms with Crippen LogP contribution in [-0.2, 0) is 19.5 Å². The Morgan fingerprint density at radius 3 is 2.80 bits per heavy atom. The molecule has 0 unspecified atom stereocenters. The fourth-order valence-corrected chi connectivity index (χ4v) is 3.10. The summed E-state index contributed by atoms with van der Waals surface area (Å²) in [6.07, 6.45) is 3.51. The van der Waals surface area contributed by atoms with Crippen LogP contribution in [0.2, 0.25) is 0 Å². The first-order chi connectivity index (χ1) is 9.80. The van der Waals surface area contributed by atoms with Crippen molar-refractivity contribution < 1.29 is 0 Å². The maximum absolute atomic E-state index is 5.83. The van der Waals surface area contributed by atoms with Crippen LogP contribution in [-0.4, -0.2) is 11.0 Å². The normalized spacial score (nSPS) is 14.5. The van der Waals surface area contributed by atoms with Crippen molar-refractivity contribution in [2.45, 2.75) is 45.3 Å². The van der Waals surface area contributed by atoms with Crippen LogP contribution in [0.4, 0.5) is 5.82 Å². The van der Waals surface area contributed by atoms with E-state index in [2.05, 4.69) is 40.8 Å². The smallest absolute Gasteiger partial charge is 0.129 e. The highest BCUT2D eigenvalue weighted by Gasteiger charge is 2.30. The van der Waals surface area contributed by atoms with Gasteiger partial charge in [0, 0.05) is 24.8 Å². The number of rotatable bonds is 6. The highest BCUT2D eigenvalue weighted by atomic mass is 32.1.